The monoisotopic (exact) mass is 338 g/mol. The summed E-state index contributed by atoms with van der Waals surface area (Å²) in [4.78, 5) is 3.40. The van der Waals surface area contributed by atoms with Gasteiger partial charge >= 0.3 is 0 Å². The van der Waals surface area contributed by atoms with Gasteiger partial charge in [-0.05, 0) is 13.0 Å². The Kier molecular flexibility index (Phi) is 5.48. The predicted octanol–water partition coefficient (Wildman–Crippen LogP) is -2.37. The lowest BCUT2D eigenvalue weighted by molar-refractivity contribution is -1.03. The van der Waals surface area contributed by atoms with Gasteiger partial charge in [0.05, 0.1) is 33.4 Å². The van der Waals surface area contributed by atoms with Crippen molar-refractivity contribution in [3.8, 4) is 17.2 Å². The highest BCUT2D eigenvalue weighted by atomic mass is 16.5. The van der Waals surface area contributed by atoms with Crippen LogP contribution in [-0.2, 0) is 6.54 Å². The third-order valence-electron chi connectivity index (χ3n) is 5.66. The van der Waals surface area contributed by atoms with Gasteiger partial charge in [-0.3, -0.25) is 0 Å². The average Bonchev–Trinajstić information content (AvgIpc) is 2.65. The Morgan fingerprint density at radius 3 is 2.33 bits per heavy atom. The van der Waals surface area contributed by atoms with E-state index in [0.717, 1.165) is 30.3 Å². The second-order valence-electron chi connectivity index (χ2n) is 6.76. The first-order valence-electron chi connectivity index (χ1n) is 9.04. The molecule has 4 N–H and O–H groups in total. The molecule has 2 aliphatic rings. The summed E-state index contributed by atoms with van der Waals surface area (Å²) < 4.78 is 16.9. The van der Waals surface area contributed by atoms with E-state index in [-0.39, 0.29) is 0 Å². The first kappa shape index (κ1) is 17.3. The molecule has 0 aromatic heterocycles. The van der Waals surface area contributed by atoms with E-state index in [1.807, 2.05) is 0 Å². The number of ether oxygens (including phenoxy) is 3. The lowest BCUT2D eigenvalue weighted by Crippen LogP contribution is -3.28. The SMILES string of the molecule is CC[NH+]1CC[NH+]([C@@H]2C[NH2+]Cc3cc(OC)c(OC)c(OC)c32)CC1. The van der Waals surface area contributed by atoms with Crippen molar-refractivity contribution in [1.29, 1.82) is 0 Å². The fraction of sp³-hybridized carbons (Fsp3) is 0.667. The van der Waals surface area contributed by atoms with Crippen molar-refractivity contribution in [3.05, 3.63) is 17.2 Å². The van der Waals surface area contributed by atoms with Crippen LogP contribution in [0.25, 0.3) is 0 Å². The van der Waals surface area contributed by atoms with Gasteiger partial charge in [0.1, 0.15) is 39.3 Å². The summed E-state index contributed by atoms with van der Waals surface area (Å²) >= 11 is 0. The van der Waals surface area contributed by atoms with Crippen LogP contribution in [0.15, 0.2) is 6.07 Å². The number of piperazine rings is 1. The van der Waals surface area contributed by atoms with E-state index in [2.05, 4.69) is 18.3 Å². The van der Waals surface area contributed by atoms with E-state index in [9.17, 15) is 0 Å². The van der Waals surface area contributed by atoms with Gasteiger partial charge in [-0.2, -0.15) is 0 Å². The summed E-state index contributed by atoms with van der Waals surface area (Å²) in [5, 5.41) is 2.41. The molecule has 6 nitrogen and oxygen atoms in total. The maximum Gasteiger partial charge on any atom is 0.203 e. The molecule has 2 aliphatic heterocycles. The highest BCUT2D eigenvalue weighted by molar-refractivity contribution is 5.60. The molecular weight excluding hydrogens is 306 g/mol. The third-order valence-corrected chi connectivity index (χ3v) is 5.66. The van der Waals surface area contributed by atoms with E-state index in [1.54, 1.807) is 31.1 Å². The molecule has 0 bridgehead atoms. The molecule has 0 aliphatic carbocycles. The van der Waals surface area contributed by atoms with Gasteiger partial charge in [-0.1, -0.05) is 0 Å². The first-order chi connectivity index (χ1) is 11.7. The molecule has 24 heavy (non-hydrogen) atoms. The van der Waals surface area contributed by atoms with Crippen molar-refractivity contribution < 1.29 is 29.3 Å². The number of nitrogens with two attached hydrogens (primary N) is 1. The highest BCUT2D eigenvalue weighted by Crippen LogP contribution is 2.44. The maximum absolute atomic E-state index is 5.80. The number of rotatable bonds is 5. The number of likely N-dealkylation sites (N-methyl/N-ethyl adjacent to an activating group) is 1. The molecule has 0 spiro atoms. The van der Waals surface area contributed by atoms with Gasteiger partial charge in [0.2, 0.25) is 5.75 Å². The van der Waals surface area contributed by atoms with Crippen molar-refractivity contribution >= 4 is 0 Å². The lowest BCUT2D eigenvalue weighted by Gasteiger charge is -2.36. The van der Waals surface area contributed by atoms with E-state index in [4.69, 9.17) is 14.2 Å². The van der Waals surface area contributed by atoms with Crippen molar-refractivity contribution in [2.24, 2.45) is 0 Å². The van der Waals surface area contributed by atoms with E-state index >= 15 is 0 Å². The molecular formula is C18H32N3O3+3. The number of fused-ring (bicyclic) bond motifs is 1. The van der Waals surface area contributed by atoms with Crippen LogP contribution in [0, 0.1) is 0 Å². The minimum Gasteiger partial charge on any atom is -0.493 e. The molecule has 1 fully saturated rings. The third kappa shape index (κ3) is 3.06. The van der Waals surface area contributed by atoms with Gasteiger partial charge in [0, 0.05) is 5.56 Å². The zero-order chi connectivity index (χ0) is 17.1. The van der Waals surface area contributed by atoms with E-state index in [0.29, 0.717) is 6.04 Å². The summed E-state index contributed by atoms with van der Waals surface area (Å²) in [7, 11) is 5.11. The Labute approximate surface area is 144 Å². The molecule has 1 aromatic rings. The Balaban J connectivity index is 1.97. The summed E-state index contributed by atoms with van der Waals surface area (Å²) in [6, 6.07) is 2.59. The van der Waals surface area contributed by atoms with Gasteiger partial charge in [-0.15, -0.1) is 0 Å². The Morgan fingerprint density at radius 2 is 1.75 bits per heavy atom. The molecule has 134 valence electrons. The molecule has 0 radical (unpaired) electrons. The van der Waals surface area contributed by atoms with Crippen LogP contribution >= 0.6 is 0 Å². The molecule has 1 atom stereocenters. The number of hydrogen-bond donors (Lipinski definition) is 3. The number of benzene rings is 1. The topological polar surface area (TPSA) is 53.2 Å². The van der Waals surface area contributed by atoms with Crippen molar-refractivity contribution in [3.63, 3.8) is 0 Å². The largest absolute Gasteiger partial charge is 0.493 e. The summed E-state index contributed by atoms with van der Waals surface area (Å²) in [5.74, 6) is 2.35. The minimum atomic E-state index is 0.460. The summed E-state index contributed by atoms with van der Waals surface area (Å²) in [6.07, 6.45) is 0. The highest BCUT2D eigenvalue weighted by Gasteiger charge is 2.39. The van der Waals surface area contributed by atoms with Gasteiger partial charge in [-0.25, -0.2) is 0 Å². The van der Waals surface area contributed by atoms with Crippen LogP contribution < -0.4 is 29.3 Å². The Morgan fingerprint density at radius 1 is 1.04 bits per heavy atom. The van der Waals surface area contributed by atoms with Crippen LogP contribution in [0.5, 0.6) is 17.2 Å². The number of methoxy groups -OCH3 is 3. The number of hydrogen-bond acceptors (Lipinski definition) is 3. The standard InChI is InChI=1S/C18H29N3O3/c1-5-20-6-8-21(9-7-20)14-12-19-11-13-10-15(22-2)17(23-3)18(24-4)16(13)14/h10,14,19H,5-9,11-12H2,1-4H3/p+3/t14-/m1/s1. The first-order valence-corrected chi connectivity index (χ1v) is 9.04. The molecule has 0 amide bonds. The fourth-order valence-corrected chi connectivity index (χ4v) is 4.30. The van der Waals surface area contributed by atoms with Crippen molar-refractivity contribution in [2.45, 2.75) is 19.5 Å². The average molecular weight is 338 g/mol. The van der Waals surface area contributed by atoms with Gasteiger partial charge in [0.25, 0.3) is 0 Å². The van der Waals surface area contributed by atoms with Gasteiger partial charge in [0.15, 0.2) is 17.5 Å². The number of nitrogens with one attached hydrogen (secondary N) is 2. The number of quaternary nitrogens is 3. The van der Waals surface area contributed by atoms with Gasteiger partial charge < -0.3 is 29.3 Å². The molecule has 1 aromatic carbocycles. The van der Waals surface area contributed by atoms with Crippen LogP contribution in [-0.4, -0.2) is 60.6 Å². The van der Waals surface area contributed by atoms with Crippen LogP contribution in [0.3, 0.4) is 0 Å². The molecule has 6 heteroatoms. The summed E-state index contributed by atoms with van der Waals surface area (Å²) in [6.45, 7) is 10.6. The molecule has 2 heterocycles. The Bertz CT molecular complexity index is 571. The fourth-order valence-electron chi connectivity index (χ4n) is 4.30. The van der Waals surface area contributed by atoms with Crippen LogP contribution in [0.2, 0.25) is 0 Å². The molecule has 3 rings (SSSR count). The zero-order valence-corrected chi connectivity index (χ0v) is 15.4. The van der Waals surface area contributed by atoms with Crippen molar-refractivity contribution in [2.75, 3.05) is 60.6 Å². The Hall–Kier alpha value is -1.50. The second kappa shape index (κ2) is 7.59. The van der Waals surface area contributed by atoms with Crippen LogP contribution in [0.1, 0.15) is 24.1 Å². The molecule has 0 unspecified atom stereocenters. The summed E-state index contributed by atoms with van der Waals surface area (Å²) in [5.41, 5.74) is 2.64. The smallest absolute Gasteiger partial charge is 0.203 e. The van der Waals surface area contributed by atoms with Crippen LogP contribution in [0.4, 0.5) is 0 Å². The predicted molar refractivity (Wildman–Crippen MR) is 91.3 cm³/mol. The second-order valence-corrected chi connectivity index (χ2v) is 6.76. The minimum absolute atomic E-state index is 0.460. The maximum atomic E-state index is 5.80. The molecule has 1 saturated heterocycles. The molecule has 0 saturated carbocycles. The van der Waals surface area contributed by atoms with E-state index in [1.165, 1.54) is 43.9 Å². The van der Waals surface area contributed by atoms with E-state index < -0.39 is 0 Å². The quantitative estimate of drug-likeness (QED) is 0.563. The zero-order valence-electron chi connectivity index (χ0n) is 15.4. The normalized spacial score (nSPS) is 26.6. The van der Waals surface area contributed by atoms with Crippen molar-refractivity contribution in [1.82, 2.24) is 0 Å². The lowest BCUT2D eigenvalue weighted by atomic mass is 9.93.